The average Bonchev–Trinajstić information content (AvgIpc) is 2.43. The zero-order valence-electron chi connectivity index (χ0n) is 13.5. The first-order valence-corrected chi connectivity index (χ1v) is 6.61. The van der Waals surface area contributed by atoms with E-state index >= 15 is 0 Å². The lowest BCUT2D eigenvalue weighted by atomic mass is 9.93. The quantitative estimate of drug-likeness (QED) is 0.674. The predicted molar refractivity (Wildman–Crippen MR) is 74.6 cm³/mol. The van der Waals surface area contributed by atoms with Gasteiger partial charge in [-0.2, -0.15) is 0 Å². The van der Waals surface area contributed by atoms with Gasteiger partial charge in [0.2, 0.25) is 0 Å². The van der Waals surface area contributed by atoms with Crippen LogP contribution in [0.1, 0.15) is 60.6 Å². The lowest BCUT2D eigenvalue weighted by Crippen LogP contribution is -2.19. The molecule has 0 bridgehead atoms. The summed E-state index contributed by atoms with van der Waals surface area (Å²) in [7, 11) is 0. The van der Waals surface area contributed by atoms with E-state index in [0.29, 0.717) is 12.0 Å². The molecule has 0 saturated carbocycles. The zero-order valence-corrected chi connectivity index (χ0v) is 11.5. The number of hydrogen-bond acceptors (Lipinski definition) is 2. The molecule has 0 amide bonds. The van der Waals surface area contributed by atoms with Gasteiger partial charge in [-0.25, -0.2) is 0 Å². The van der Waals surface area contributed by atoms with Crippen molar-refractivity contribution in [3.63, 3.8) is 0 Å². The molecule has 0 aliphatic rings. The molecule has 100 valence electrons. The van der Waals surface area contributed by atoms with Crippen LogP contribution < -0.4 is 0 Å². The molecule has 2 nitrogen and oxygen atoms in total. The molecule has 2 atom stereocenters. The number of esters is 1. The summed E-state index contributed by atoms with van der Waals surface area (Å²) in [6, 6.07) is 8.86. The first kappa shape index (κ1) is 11.8. The van der Waals surface area contributed by atoms with Crippen molar-refractivity contribution in [3.05, 3.63) is 35.9 Å². The summed E-state index contributed by atoms with van der Waals surface area (Å²) >= 11 is 0. The van der Waals surface area contributed by atoms with Crippen LogP contribution in [0, 0.1) is 0 Å². The van der Waals surface area contributed by atoms with Crippen LogP contribution in [-0.4, -0.2) is 12.1 Å². The minimum Gasteiger partial charge on any atom is -0.463 e. The number of rotatable bonds is 7. The summed E-state index contributed by atoms with van der Waals surface area (Å²) in [5, 5.41) is 0. The van der Waals surface area contributed by atoms with Crippen molar-refractivity contribution < 1.29 is 12.3 Å². The molecule has 0 heterocycles. The number of benzene rings is 1. The van der Waals surface area contributed by atoms with E-state index in [2.05, 4.69) is 0 Å². The molecule has 0 aromatic heterocycles. The highest BCUT2D eigenvalue weighted by Gasteiger charge is 2.22. The highest BCUT2D eigenvalue weighted by Crippen LogP contribution is 2.24. The topological polar surface area (TPSA) is 26.3 Å². The third-order valence-corrected chi connectivity index (χ3v) is 2.55. The third kappa shape index (κ3) is 4.91. The van der Waals surface area contributed by atoms with Crippen LogP contribution in [0.15, 0.2) is 30.3 Å². The van der Waals surface area contributed by atoms with E-state index in [-0.39, 0.29) is 6.10 Å². The van der Waals surface area contributed by atoms with E-state index in [0.717, 1.165) is 12.8 Å². The number of carbonyl (C=O) groups excluding carboxylic acids is 1. The summed E-state index contributed by atoms with van der Waals surface area (Å²) in [4.78, 5) is 12.4. The minimum absolute atomic E-state index is 0.283. The Morgan fingerprint density at radius 2 is 2.00 bits per heavy atom. The molecule has 2 heteroatoms. The molecule has 1 aromatic rings. The summed E-state index contributed by atoms with van der Waals surface area (Å²) in [6.45, 7) is 5.55. The Morgan fingerprint density at radius 1 is 1.33 bits per heavy atom. The summed E-state index contributed by atoms with van der Waals surface area (Å²) in [6.07, 6.45) is 1.18. The summed E-state index contributed by atoms with van der Waals surface area (Å²) in [5.41, 5.74) is 0.529. The number of hydrogen-bond donors (Lipinski definition) is 0. The second-order valence-corrected chi connectivity index (χ2v) is 4.58. The first-order chi connectivity index (χ1) is 9.42. The smallest absolute Gasteiger partial charge is 0.313 e. The monoisotopic (exact) mass is 250 g/mol. The van der Waals surface area contributed by atoms with Crippen LogP contribution in [0.3, 0.4) is 0 Å². The molecule has 0 fully saturated rings. The van der Waals surface area contributed by atoms with Crippen molar-refractivity contribution in [2.24, 2.45) is 0 Å². The van der Waals surface area contributed by atoms with E-state index in [1.807, 2.05) is 13.0 Å². The van der Waals surface area contributed by atoms with E-state index in [4.69, 9.17) is 7.48 Å². The second kappa shape index (κ2) is 7.91. The normalized spacial score (nSPS) is 17.6. The van der Waals surface area contributed by atoms with Gasteiger partial charge in [0.05, 0.1) is 12.0 Å². The molecule has 0 radical (unpaired) electrons. The second-order valence-electron chi connectivity index (χ2n) is 4.58. The van der Waals surface area contributed by atoms with Gasteiger partial charge < -0.3 is 4.74 Å². The molecule has 0 spiro atoms. The Bertz CT molecular complexity index is 420. The Balaban J connectivity index is 3.08. The molecular weight excluding hydrogens is 224 g/mol. The van der Waals surface area contributed by atoms with Gasteiger partial charge in [0.25, 0.3) is 0 Å². The molecule has 0 N–H and O–H groups in total. The molecule has 0 aliphatic heterocycles. The number of carbonyl (C=O) groups is 1. The fourth-order valence-corrected chi connectivity index (χ4v) is 1.66. The van der Waals surface area contributed by atoms with E-state index in [9.17, 15) is 4.79 Å². The van der Waals surface area contributed by atoms with Crippen LogP contribution in [-0.2, 0) is 9.53 Å². The standard InChI is InChI=1S/C16H24O2/c1-4-5-7-12-15(16(17)18-13(2)3)14-10-8-6-9-11-14/h6,8-11,13,15H,4-5,7,12H2,1-3H3/i12D,15D. The fourth-order valence-electron chi connectivity index (χ4n) is 1.66. The molecule has 2 unspecified atom stereocenters. The third-order valence-electron chi connectivity index (χ3n) is 2.55. The van der Waals surface area contributed by atoms with Crippen molar-refractivity contribution in [2.45, 2.75) is 58.4 Å². The molecule has 0 aliphatic carbocycles. The maximum absolute atomic E-state index is 12.4. The average molecular weight is 250 g/mol. The highest BCUT2D eigenvalue weighted by atomic mass is 16.5. The Morgan fingerprint density at radius 3 is 2.56 bits per heavy atom. The molecule has 1 aromatic carbocycles. The van der Waals surface area contributed by atoms with Crippen molar-refractivity contribution in [2.75, 3.05) is 0 Å². The summed E-state index contributed by atoms with van der Waals surface area (Å²) < 4.78 is 22.1. The van der Waals surface area contributed by atoms with Crippen molar-refractivity contribution in [1.82, 2.24) is 0 Å². The van der Waals surface area contributed by atoms with E-state index in [1.165, 1.54) is 0 Å². The van der Waals surface area contributed by atoms with Crippen molar-refractivity contribution in [3.8, 4) is 0 Å². The van der Waals surface area contributed by atoms with Crippen LogP contribution in [0.5, 0.6) is 0 Å². The highest BCUT2D eigenvalue weighted by molar-refractivity contribution is 5.78. The van der Waals surface area contributed by atoms with Gasteiger partial charge in [0, 0.05) is 2.74 Å². The van der Waals surface area contributed by atoms with Crippen molar-refractivity contribution >= 4 is 5.97 Å². The van der Waals surface area contributed by atoms with E-state index < -0.39 is 18.3 Å². The Kier molecular flexibility index (Phi) is 5.17. The van der Waals surface area contributed by atoms with Crippen LogP contribution in [0.4, 0.5) is 0 Å². The van der Waals surface area contributed by atoms with Crippen LogP contribution in [0.25, 0.3) is 0 Å². The zero-order chi connectivity index (χ0) is 15.2. The van der Waals surface area contributed by atoms with Gasteiger partial charge in [-0.05, 0) is 25.8 Å². The molecular formula is C16H24O2. The van der Waals surface area contributed by atoms with Crippen molar-refractivity contribution in [1.29, 1.82) is 0 Å². The SMILES string of the molecule is [2H]C(CCCC)C([2H])(C(=O)OC(C)C)c1ccccc1. The predicted octanol–water partition coefficient (Wildman–Crippen LogP) is 4.30. The number of ether oxygens (including phenoxy) is 1. The minimum atomic E-state index is -1.65. The van der Waals surface area contributed by atoms with Gasteiger partial charge in [-0.1, -0.05) is 56.5 Å². The lowest BCUT2D eigenvalue weighted by molar-refractivity contribution is -0.149. The van der Waals surface area contributed by atoms with Gasteiger partial charge in [0.1, 0.15) is 0 Å². The Hall–Kier alpha value is -1.31. The van der Waals surface area contributed by atoms with Gasteiger partial charge in [0.15, 0.2) is 0 Å². The fraction of sp³-hybridized carbons (Fsp3) is 0.562. The molecule has 0 saturated heterocycles. The van der Waals surface area contributed by atoms with Gasteiger partial charge in [-0.3, -0.25) is 4.79 Å². The number of unbranched alkanes of at least 4 members (excludes halogenated alkanes) is 1. The Labute approximate surface area is 113 Å². The molecule has 18 heavy (non-hydrogen) atoms. The first-order valence-electron chi connectivity index (χ1n) is 7.69. The maximum Gasteiger partial charge on any atom is 0.313 e. The lowest BCUT2D eigenvalue weighted by Gasteiger charge is -2.18. The summed E-state index contributed by atoms with van der Waals surface area (Å²) in [5.74, 6) is -2.28. The largest absolute Gasteiger partial charge is 0.463 e. The van der Waals surface area contributed by atoms with E-state index in [1.54, 1.807) is 38.1 Å². The molecule has 1 rings (SSSR count). The van der Waals surface area contributed by atoms with Gasteiger partial charge >= 0.3 is 5.97 Å². The van der Waals surface area contributed by atoms with Gasteiger partial charge in [-0.15, -0.1) is 0 Å². The maximum atomic E-state index is 12.4. The van der Waals surface area contributed by atoms with Crippen LogP contribution >= 0.6 is 0 Å². The van der Waals surface area contributed by atoms with Crippen LogP contribution in [0.2, 0.25) is 0 Å².